The van der Waals surface area contributed by atoms with E-state index >= 15 is 0 Å². The van der Waals surface area contributed by atoms with Crippen LogP contribution in [0, 0.1) is 11.7 Å². The number of benzene rings is 1. The van der Waals surface area contributed by atoms with Gasteiger partial charge < -0.3 is 14.0 Å². The fraction of sp³-hybridized carbons (Fsp3) is 0.455. The van der Waals surface area contributed by atoms with Crippen LogP contribution < -0.4 is 0 Å². The highest BCUT2D eigenvalue weighted by molar-refractivity contribution is 5.81. The molecule has 148 valence electrons. The van der Waals surface area contributed by atoms with E-state index in [1.807, 2.05) is 34.0 Å². The monoisotopic (exact) mass is 383 g/mol. The van der Waals surface area contributed by atoms with Crippen LogP contribution in [-0.2, 0) is 4.79 Å². The van der Waals surface area contributed by atoms with Crippen molar-refractivity contribution in [1.29, 1.82) is 0 Å². The zero-order valence-electron chi connectivity index (χ0n) is 16.3. The maximum absolute atomic E-state index is 13.4. The Hall–Kier alpha value is -2.63. The van der Waals surface area contributed by atoms with Gasteiger partial charge in [0.05, 0.1) is 5.69 Å². The summed E-state index contributed by atoms with van der Waals surface area (Å²) in [7, 11) is 0. The molecule has 3 aromatic rings. The number of carbonyl (C=O) groups excluding carboxylic acids is 1. The van der Waals surface area contributed by atoms with E-state index in [0.717, 1.165) is 30.3 Å². The van der Waals surface area contributed by atoms with E-state index in [9.17, 15) is 9.18 Å². The molecule has 1 fully saturated rings. The summed E-state index contributed by atoms with van der Waals surface area (Å²) in [5, 5.41) is 5.07. The lowest BCUT2D eigenvalue weighted by atomic mass is 9.91. The second-order valence-corrected chi connectivity index (χ2v) is 8.08. The van der Waals surface area contributed by atoms with Crippen LogP contribution >= 0.6 is 0 Å². The molecule has 0 unspecified atom stereocenters. The molecule has 1 aliphatic rings. The van der Waals surface area contributed by atoms with E-state index in [2.05, 4.69) is 19.0 Å². The number of nitrogens with zero attached hydrogens (tertiary/aromatic N) is 3. The van der Waals surface area contributed by atoms with Crippen molar-refractivity contribution in [3.63, 3.8) is 0 Å². The third-order valence-electron chi connectivity index (χ3n) is 5.62. The Morgan fingerprint density at radius 2 is 1.96 bits per heavy atom. The lowest BCUT2D eigenvalue weighted by Gasteiger charge is -2.34. The largest absolute Gasteiger partial charge is 0.356 e. The van der Waals surface area contributed by atoms with Gasteiger partial charge in [0.25, 0.3) is 0 Å². The molecular formula is C22H26FN3O2. The molecular weight excluding hydrogens is 357 g/mol. The highest BCUT2D eigenvalue weighted by Crippen LogP contribution is 2.33. The Morgan fingerprint density at radius 1 is 1.25 bits per heavy atom. The van der Waals surface area contributed by atoms with Crippen LogP contribution in [0.5, 0.6) is 0 Å². The average Bonchev–Trinajstić information content (AvgIpc) is 3.35. The van der Waals surface area contributed by atoms with Gasteiger partial charge in [0.15, 0.2) is 5.58 Å². The topological polar surface area (TPSA) is 51.3 Å². The first-order valence-corrected chi connectivity index (χ1v) is 9.99. The van der Waals surface area contributed by atoms with Crippen molar-refractivity contribution in [2.24, 2.45) is 5.92 Å². The Bertz CT molecular complexity index is 940. The summed E-state index contributed by atoms with van der Waals surface area (Å²) in [4.78, 5) is 15.2. The fourth-order valence-corrected chi connectivity index (χ4v) is 4.16. The minimum absolute atomic E-state index is 0.151. The number of hydrogen-bond acceptors (Lipinski definition) is 3. The van der Waals surface area contributed by atoms with Crippen LogP contribution in [0.15, 0.2) is 47.2 Å². The SMILES string of the molecule is CC(C)C[C@@H](C(=O)N1CCC(c2noc3cc(F)ccc23)CC1)n1cccc1. The van der Waals surface area contributed by atoms with E-state index in [1.165, 1.54) is 12.1 Å². The molecule has 1 aliphatic heterocycles. The molecule has 5 nitrogen and oxygen atoms in total. The molecule has 0 N–H and O–H groups in total. The van der Waals surface area contributed by atoms with Crippen molar-refractivity contribution in [2.45, 2.75) is 45.1 Å². The zero-order valence-corrected chi connectivity index (χ0v) is 16.3. The first-order valence-electron chi connectivity index (χ1n) is 9.99. The number of halogens is 1. The minimum atomic E-state index is -0.322. The van der Waals surface area contributed by atoms with Gasteiger partial charge >= 0.3 is 0 Å². The first kappa shape index (κ1) is 18.7. The second-order valence-electron chi connectivity index (χ2n) is 8.08. The number of aromatic nitrogens is 2. The third kappa shape index (κ3) is 3.68. The highest BCUT2D eigenvalue weighted by Gasteiger charge is 2.31. The zero-order chi connectivity index (χ0) is 19.7. The van der Waals surface area contributed by atoms with Gasteiger partial charge in [-0.2, -0.15) is 0 Å². The summed E-state index contributed by atoms with van der Waals surface area (Å²) in [6, 6.07) is 8.32. The Morgan fingerprint density at radius 3 is 2.64 bits per heavy atom. The van der Waals surface area contributed by atoms with Crippen molar-refractivity contribution in [1.82, 2.24) is 14.6 Å². The molecule has 4 rings (SSSR count). The normalized spacial score (nSPS) is 16.8. The van der Waals surface area contributed by atoms with E-state index in [4.69, 9.17) is 4.52 Å². The summed E-state index contributed by atoms with van der Waals surface area (Å²) in [6.07, 6.45) is 6.44. The maximum Gasteiger partial charge on any atom is 0.245 e. The fourth-order valence-electron chi connectivity index (χ4n) is 4.16. The molecule has 0 radical (unpaired) electrons. The Balaban J connectivity index is 1.46. The Labute approximate surface area is 164 Å². The maximum atomic E-state index is 13.4. The lowest BCUT2D eigenvalue weighted by molar-refractivity contribution is -0.136. The van der Waals surface area contributed by atoms with Gasteiger partial charge in [-0.25, -0.2) is 4.39 Å². The van der Waals surface area contributed by atoms with Crippen LogP contribution in [0.3, 0.4) is 0 Å². The van der Waals surface area contributed by atoms with Crippen molar-refractivity contribution >= 4 is 16.9 Å². The van der Waals surface area contributed by atoms with Crippen LogP contribution in [0.2, 0.25) is 0 Å². The predicted octanol–water partition coefficient (Wildman–Crippen LogP) is 4.76. The second kappa shape index (κ2) is 7.78. The minimum Gasteiger partial charge on any atom is -0.356 e. The van der Waals surface area contributed by atoms with Crippen LogP contribution in [0.4, 0.5) is 4.39 Å². The number of carbonyl (C=O) groups is 1. The number of likely N-dealkylation sites (tertiary alicyclic amines) is 1. The summed E-state index contributed by atoms with van der Waals surface area (Å²) in [5.74, 6) is 0.536. The summed E-state index contributed by atoms with van der Waals surface area (Å²) in [5.41, 5.74) is 1.37. The molecule has 0 saturated carbocycles. The molecule has 0 bridgehead atoms. The number of rotatable bonds is 5. The molecule has 1 amide bonds. The van der Waals surface area contributed by atoms with E-state index in [-0.39, 0.29) is 23.7 Å². The van der Waals surface area contributed by atoms with Gasteiger partial charge in [-0.3, -0.25) is 4.79 Å². The van der Waals surface area contributed by atoms with Gasteiger partial charge in [-0.05, 0) is 49.4 Å². The number of amides is 1. The van der Waals surface area contributed by atoms with Gasteiger partial charge in [-0.1, -0.05) is 19.0 Å². The molecule has 0 aliphatic carbocycles. The first-order chi connectivity index (χ1) is 13.5. The average molecular weight is 383 g/mol. The predicted molar refractivity (Wildman–Crippen MR) is 105 cm³/mol. The number of hydrogen-bond donors (Lipinski definition) is 0. The van der Waals surface area contributed by atoms with Crippen molar-refractivity contribution in [2.75, 3.05) is 13.1 Å². The smallest absolute Gasteiger partial charge is 0.245 e. The quantitative estimate of drug-likeness (QED) is 0.638. The van der Waals surface area contributed by atoms with Crippen molar-refractivity contribution in [3.05, 3.63) is 54.2 Å². The summed E-state index contributed by atoms with van der Waals surface area (Å²) < 4.78 is 20.7. The van der Waals surface area contributed by atoms with Gasteiger partial charge in [-0.15, -0.1) is 0 Å². The van der Waals surface area contributed by atoms with Crippen molar-refractivity contribution in [3.8, 4) is 0 Å². The molecule has 2 aromatic heterocycles. The van der Waals surface area contributed by atoms with Crippen LogP contribution in [0.1, 0.15) is 50.8 Å². The molecule has 3 heterocycles. The van der Waals surface area contributed by atoms with Gasteiger partial charge in [0.2, 0.25) is 5.91 Å². The van der Waals surface area contributed by atoms with Crippen LogP contribution in [0.25, 0.3) is 11.0 Å². The van der Waals surface area contributed by atoms with Crippen LogP contribution in [-0.4, -0.2) is 33.6 Å². The number of fused-ring (bicyclic) bond motifs is 1. The molecule has 1 saturated heterocycles. The summed E-state index contributed by atoms with van der Waals surface area (Å²) in [6.45, 7) is 5.70. The van der Waals surface area contributed by atoms with Gasteiger partial charge in [0.1, 0.15) is 11.9 Å². The summed E-state index contributed by atoms with van der Waals surface area (Å²) >= 11 is 0. The van der Waals surface area contributed by atoms with Crippen molar-refractivity contribution < 1.29 is 13.7 Å². The van der Waals surface area contributed by atoms with E-state index in [1.54, 1.807) is 6.07 Å². The lowest BCUT2D eigenvalue weighted by Crippen LogP contribution is -2.42. The molecule has 1 aromatic carbocycles. The third-order valence-corrected chi connectivity index (χ3v) is 5.62. The molecule has 0 spiro atoms. The van der Waals surface area contributed by atoms with E-state index < -0.39 is 0 Å². The molecule has 6 heteroatoms. The molecule has 28 heavy (non-hydrogen) atoms. The Kier molecular flexibility index (Phi) is 5.20. The standard InChI is InChI=1S/C22H26FN3O2/c1-15(2)13-19(25-9-3-4-10-25)22(27)26-11-7-16(8-12-26)21-18-6-5-17(23)14-20(18)28-24-21/h3-6,9-10,14-16,19H,7-8,11-13H2,1-2H3/t19-/m0/s1. The number of piperidine rings is 1. The van der Waals surface area contributed by atoms with E-state index in [0.29, 0.717) is 24.6 Å². The molecule has 1 atom stereocenters. The highest BCUT2D eigenvalue weighted by atomic mass is 19.1. The van der Waals surface area contributed by atoms with Gasteiger partial charge in [0, 0.05) is 42.9 Å².